The summed E-state index contributed by atoms with van der Waals surface area (Å²) in [6.07, 6.45) is 3.34. The van der Waals surface area contributed by atoms with E-state index in [1.165, 1.54) is 0 Å². The van der Waals surface area contributed by atoms with Crippen molar-refractivity contribution in [2.75, 3.05) is 31.6 Å². The molecule has 1 aromatic heterocycles. The van der Waals surface area contributed by atoms with Crippen LogP contribution in [0.3, 0.4) is 0 Å². The molecule has 2 aromatic rings. The molecular formula is C20H26N4O3. The summed E-state index contributed by atoms with van der Waals surface area (Å²) < 4.78 is 10.5. The molecule has 4 rings (SSSR count). The van der Waals surface area contributed by atoms with Gasteiger partial charge in [0.25, 0.3) is 5.95 Å². The zero-order valence-electron chi connectivity index (χ0n) is 16.0. The number of ether oxygens (including phenoxy) is 1. The van der Waals surface area contributed by atoms with Crippen molar-refractivity contribution in [3.05, 3.63) is 35.7 Å². The number of likely N-dealkylation sites (tertiary alicyclic amines) is 1. The minimum atomic E-state index is 0.0732. The van der Waals surface area contributed by atoms with Gasteiger partial charge < -0.3 is 19.1 Å². The van der Waals surface area contributed by atoms with E-state index in [0.717, 1.165) is 50.2 Å². The quantitative estimate of drug-likeness (QED) is 0.806. The third-order valence-electron chi connectivity index (χ3n) is 5.78. The molecule has 0 unspecified atom stereocenters. The van der Waals surface area contributed by atoms with E-state index < -0.39 is 0 Å². The van der Waals surface area contributed by atoms with Crippen LogP contribution in [0.5, 0.6) is 5.75 Å². The van der Waals surface area contributed by atoms with Gasteiger partial charge in [0.2, 0.25) is 11.8 Å². The molecule has 3 heterocycles. The molecule has 2 fully saturated rings. The van der Waals surface area contributed by atoms with Crippen molar-refractivity contribution in [2.24, 2.45) is 5.41 Å². The van der Waals surface area contributed by atoms with E-state index >= 15 is 0 Å². The number of hydrogen-bond acceptors (Lipinski definition) is 6. The summed E-state index contributed by atoms with van der Waals surface area (Å²) in [6.45, 7) is 5.20. The number of hydrogen-bond donors (Lipinski definition) is 0. The summed E-state index contributed by atoms with van der Waals surface area (Å²) in [4.78, 5) is 21.2. The molecule has 27 heavy (non-hydrogen) atoms. The molecule has 2 saturated heterocycles. The summed E-state index contributed by atoms with van der Waals surface area (Å²) in [5.74, 6) is 2.43. The van der Waals surface area contributed by atoms with E-state index in [2.05, 4.69) is 15.0 Å². The predicted octanol–water partition coefficient (Wildman–Crippen LogP) is 2.66. The van der Waals surface area contributed by atoms with Crippen molar-refractivity contribution < 1.29 is 14.1 Å². The fourth-order valence-electron chi connectivity index (χ4n) is 4.15. The minimum Gasteiger partial charge on any atom is -0.497 e. The highest BCUT2D eigenvalue weighted by Crippen LogP contribution is 2.42. The summed E-state index contributed by atoms with van der Waals surface area (Å²) in [6, 6.07) is 7.94. The number of aryl methyl sites for hydroxylation is 1. The van der Waals surface area contributed by atoms with E-state index in [1.807, 2.05) is 36.1 Å². The van der Waals surface area contributed by atoms with Crippen molar-refractivity contribution in [1.82, 2.24) is 15.0 Å². The van der Waals surface area contributed by atoms with Crippen molar-refractivity contribution in [3.63, 3.8) is 0 Å². The second-order valence-corrected chi connectivity index (χ2v) is 7.61. The Balaban J connectivity index is 1.38. The fourth-order valence-corrected chi connectivity index (χ4v) is 4.15. The Morgan fingerprint density at radius 2 is 2.11 bits per heavy atom. The first-order valence-electron chi connectivity index (χ1n) is 9.59. The number of anilines is 1. The molecule has 144 valence electrons. The highest BCUT2D eigenvalue weighted by molar-refractivity contribution is 5.79. The van der Waals surface area contributed by atoms with E-state index in [0.29, 0.717) is 24.8 Å². The molecule has 0 N–H and O–H groups in total. The van der Waals surface area contributed by atoms with Crippen LogP contribution in [0.25, 0.3) is 0 Å². The summed E-state index contributed by atoms with van der Waals surface area (Å²) in [7, 11) is 1.66. The van der Waals surface area contributed by atoms with Gasteiger partial charge in [-0.1, -0.05) is 19.1 Å². The molecule has 0 aliphatic carbocycles. The van der Waals surface area contributed by atoms with Gasteiger partial charge in [-0.15, -0.1) is 0 Å². The average Bonchev–Trinajstić information content (AvgIpc) is 3.28. The Kier molecular flexibility index (Phi) is 4.76. The summed E-state index contributed by atoms with van der Waals surface area (Å²) in [5, 5.41) is 4.08. The molecule has 0 radical (unpaired) electrons. The Morgan fingerprint density at radius 1 is 1.30 bits per heavy atom. The Labute approximate surface area is 159 Å². The first-order valence-corrected chi connectivity index (χ1v) is 9.59. The third kappa shape index (κ3) is 3.63. The number of rotatable bonds is 5. The second kappa shape index (κ2) is 7.21. The molecular weight excluding hydrogens is 344 g/mol. The van der Waals surface area contributed by atoms with Crippen LogP contribution in [0.4, 0.5) is 5.95 Å². The van der Waals surface area contributed by atoms with Gasteiger partial charge in [-0.05, 0) is 35.7 Å². The number of aromatic nitrogens is 2. The van der Waals surface area contributed by atoms with Gasteiger partial charge in [0.15, 0.2) is 0 Å². The lowest BCUT2D eigenvalue weighted by Crippen LogP contribution is -2.42. The van der Waals surface area contributed by atoms with Gasteiger partial charge in [0.05, 0.1) is 7.11 Å². The number of methoxy groups -OCH3 is 1. The zero-order chi connectivity index (χ0) is 18.9. The standard InChI is InChI=1S/C20H26N4O3/c1-3-17-21-19(22-27-17)23-9-7-20(8-10-23)12-18(25)24(14-20)13-15-5-4-6-16(11-15)26-2/h4-6,11H,3,7-10,12-14H2,1-2H3. The number of carbonyl (C=O) groups is 1. The lowest BCUT2D eigenvalue weighted by Gasteiger charge is -2.38. The highest BCUT2D eigenvalue weighted by atomic mass is 16.5. The van der Waals surface area contributed by atoms with Crippen molar-refractivity contribution in [3.8, 4) is 5.75 Å². The van der Waals surface area contributed by atoms with Crippen LogP contribution in [0, 0.1) is 5.41 Å². The molecule has 0 saturated carbocycles. The highest BCUT2D eigenvalue weighted by Gasteiger charge is 2.45. The molecule has 0 bridgehead atoms. The van der Waals surface area contributed by atoms with E-state index in [-0.39, 0.29) is 11.3 Å². The van der Waals surface area contributed by atoms with Crippen LogP contribution in [0.15, 0.2) is 28.8 Å². The molecule has 1 amide bonds. The van der Waals surface area contributed by atoms with Crippen molar-refractivity contribution in [2.45, 2.75) is 39.2 Å². The van der Waals surface area contributed by atoms with Crippen molar-refractivity contribution in [1.29, 1.82) is 0 Å². The van der Waals surface area contributed by atoms with Gasteiger partial charge in [0.1, 0.15) is 5.75 Å². The SMILES string of the molecule is CCc1nc(N2CCC3(CC2)CC(=O)N(Cc2cccc(OC)c2)C3)no1. The van der Waals surface area contributed by atoms with Crippen LogP contribution < -0.4 is 9.64 Å². The number of carbonyl (C=O) groups excluding carboxylic acids is 1. The largest absolute Gasteiger partial charge is 0.497 e. The Hall–Kier alpha value is -2.57. The normalized spacial score (nSPS) is 19.1. The van der Waals surface area contributed by atoms with Crippen molar-refractivity contribution >= 4 is 11.9 Å². The van der Waals surface area contributed by atoms with Crippen LogP contribution in [-0.2, 0) is 17.8 Å². The Morgan fingerprint density at radius 3 is 2.81 bits per heavy atom. The third-order valence-corrected chi connectivity index (χ3v) is 5.78. The van der Waals surface area contributed by atoms with E-state index in [4.69, 9.17) is 9.26 Å². The maximum atomic E-state index is 12.6. The minimum absolute atomic E-state index is 0.0732. The molecule has 2 aliphatic rings. The monoisotopic (exact) mass is 370 g/mol. The van der Waals surface area contributed by atoms with E-state index in [1.54, 1.807) is 7.11 Å². The Bertz CT molecular complexity index is 811. The predicted molar refractivity (Wildman–Crippen MR) is 101 cm³/mol. The lowest BCUT2D eigenvalue weighted by molar-refractivity contribution is -0.128. The van der Waals surface area contributed by atoms with Crippen LogP contribution in [0.2, 0.25) is 0 Å². The molecule has 2 aliphatic heterocycles. The number of benzene rings is 1. The average molecular weight is 370 g/mol. The smallest absolute Gasteiger partial charge is 0.266 e. The fraction of sp³-hybridized carbons (Fsp3) is 0.550. The molecule has 1 aromatic carbocycles. The van der Waals surface area contributed by atoms with E-state index in [9.17, 15) is 4.79 Å². The van der Waals surface area contributed by atoms with Gasteiger partial charge in [0, 0.05) is 44.4 Å². The second-order valence-electron chi connectivity index (χ2n) is 7.61. The number of amides is 1. The first-order chi connectivity index (χ1) is 13.1. The van der Waals surface area contributed by atoms with Gasteiger partial charge in [-0.25, -0.2) is 0 Å². The zero-order valence-corrected chi connectivity index (χ0v) is 16.0. The molecule has 1 spiro atoms. The van der Waals surface area contributed by atoms with Gasteiger partial charge in [-0.3, -0.25) is 4.79 Å². The van der Waals surface area contributed by atoms with Crippen LogP contribution >= 0.6 is 0 Å². The molecule has 7 heteroatoms. The topological polar surface area (TPSA) is 71.7 Å². The van der Waals surface area contributed by atoms with Gasteiger partial charge >= 0.3 is 0 Å². The maximum Gasteiger partial charge on any atom is 0.266 e. The van der Waals surface area contributed by atoms with Gasteiger partial charge in [-0.2, -0.15) is 4.98 Å². The molecule has 0 atom stereocenters. The summed E-state index contributed by atoms with van der Waals surface area (Å²) >= 11 is 0. The summed E-state index contributed by atoms with van der Waals surface area (Å²) in [5.41, 5.74) is 1.18. The first kappa shape index (κ1) is 17.8. The maximum absolute atomic E-state index is 12.6. The lowest BCUT2D eigenvalue weighted by atomic mass is 9.77. The molecule has 7 nitrogen and oxygen atoms in total. The van der Waals surface area contributed by atoms with Crippen LogP contribution in [0.1, 0.15) is 37.6 Å². The number of nitrogens with zero attached hydrogens (tertiary/aromatic N) is 4. The number of piperidine rings is 1. The van der Waals surface area contributed by atoms with Crippen LogP contribution in [-0.4, -0.2) is 47.7 Å².